The van der Waals surface area contributed by atoms with Crippen molar-refractivity contribution in [3.63, 3.8) is 0 Å². The van der Waals surface area contributed by atoms with Crippen molar-refractivity contribution in [1.82, 2.24) is 9.80 Å². The predicted molar refractivity (Wildman–Crippen MR) is 89.7 cm³/mol. The van der Waals surface area contributed by atoms with Gasteiger partial charge in [0.2, 0.25) is 0 Å². The van der Waals surface area contributed by atoms with Crippen molar-refractivity contribution in [3.05, 3.63) is 34.9 Å². The molecule has 0 aromatic heterocycles. The predicted octanol–water partition coefficient (Wildman–Crippen LogP) is 4.04. The lowest BCUT2D eigenvalue weighted by molar-refractivity contribution is 0.0659. The van der Waals surface area contributed by atoms with Crippen LogP contribution in [0.3, 0.4) is 0 Å². The summed E-state index contributed by atoms with van der Waals surface area (Å²) < 4.78 is 0. The fraction of sp³-hybridized carbons (Fsp3) is 0.667. The zero-order valence-corrected chi connectivity index (χ0v) is 13.9. The molecule has 3 rings (SSSR count). The maximum atomic E-state index is 5.95. The van der Waals surface area contributed by atoms with Crippen LogP contribution in [0.1, 0.15) is 38.2 Å². The molecule has 0 bridgehead atoms. The van der Waals surface area contributed by atoms with Crippen molar-refractivity contribution in [2.75, 3.05) is 26.2 Å². The number of piperazine rings is 1. The molecule has 116 valence electrons. The Labute approximate surface area is 134 Å². The molecule has 1 aliphatic heterocycles. The van der Waals surface area contributed by atoms with Crippen molar-refractivity contribution in [2.24, 2.45) is 5.92 Å². The van der Waals surface area contributed by atoms with Crippen molar-refractivity contribution in [2.45, 2.75) is 45.2 Å². The van der Waals surface area contributed by atoms with Gasteiger partial charge < -0.3 is 0 Å². The Morgan fingerprint density at radius 1 is 1.05 bits per heavy atom. The summed E-state index contributed by atoms with van der Waals surface area (Å²) in [5.74, 6) is 0.927. The highest BCUT2D eigenvalue weighted by molar-refractivity contribution is 6.30. The van der Waals surface area contributed by atoms with Crippen LogP contribution in [-0.2, 0) is 6.54 Å². The van der Waals surface area contributed by atoms with Gasteiger partial charge in [0.25, 0.3) is 0 Å². The Bertz CT molecular complexity index is 437. The summed E-state index contributed by atoms with van der Waals surface area (Å²) in [7, 11) is 0. The van der Waals surface area contributed by atoms with Crippen molar-refractivity contribution in [3.8, 4) is 0 Å². The fourth-order valence-corrected chi connectivity index (χ4v) is 3.99. The van der Waals surface area contributed by atoms with Crippen LogP contribution < -0.4 is 0 Å². The van der Waals surface area contributed by atoms with Gasteiger partial charge in [-0.15, -0.1) is 0 Å². The standard InChI is InChI=1S/C18H27ClN2/c1-15-3-2-4-18(13-15)21-11-9-20(10-12-21)14-16-5-7-17(19)8-6-16/h5-8,15,18H,2-4,9-14H2,1H3/t15-,18-/m0/s1. The quantitative estimate of drug-likeness (QED) is 0.831. The molecule has 0 amide bonds. The van der Waals surface area contributed by atoms with E-state index >= 15 is 0 Å². The van der Waals surface area contributed by atoms with E-state index in [0.717, 1.165) is 23.5 Å². The summed E-state index contributed by atoms with van der Waals surface area (Å²) >= 11 is 5.95. The molecular formula is C18H27ClN2. The zero-order chi connectivity index (χ0) is 14.7. The van der Waals surface area contributed by atoms with E-state index in [1.54, 1.807) is 0 Å². The van der Waals surface area contributed by atoms with E-state index in [1.165, 1.54) is 57.4 Å². The van der Waals surface area contributed by atoms with Crippen molar-refractivity contribution in [1.29, 1.82) is 0 Å². The van der Waals surface area contributed by atoms with Gasteiger partial charge in [0, 0.05) is 43.8 Å². The van der Waals surface area contributed by atoms with Gasteiger partial charge in [0.05, 0.1) is 0 Å². The molecule has 0 unspecified atom stereocenters. The van der Waals surface area contributed by atoms with Gasteiger partial charge in [-0.25, -0.2) is 0 Å². The third kappa shape index (κ3) is 4.21. The summed E-state index contributed by atoms with van der Waals surface area (Å²) in [4.78, 5) is 5.32. The first-order valence-electron chi connectivity index (χ1n) is 8.41. The van der Waals surface area contributed by atoms with E-state index in [1.807, 2.05) is 12.1 Å². The van der Waals surface area contributed by atoms with Gasteiger partial charge >= 0.3 is 0 Å². The van der Waals surface area contributed by atoms with Gasteiger partial charge in [-0.3, -0.25) is 9.80 Å². The van der Waals surface area contributed by atoms with E-state index in [4.69, 9.17) is 11.6 Å². The molecule has 2 aliphatic rings. The van der Waals surface area contributed by atoms with Gasteiger partial charge in [-0.2, -0.15) is 0 Å². The third-order valence-corrected chi connectivity index (χ3v) is 5.40. The maximum Gasteiger partial charge on any atom is 0.0406 e. The molecule has 3 heteroatoms. The molecule has 1 aromatic rings. The lowest BCUT2D eigenvalue weighted by atomic mass is 9.86. The summed E-state index contributed by atoms with van der Waals surface area (Å²) in [6.07, 6.45) is 5.70. The highest BCUT2D eigenvalue weighted by Gasteiger charge is 2.27. The highest BCUT2D eigenvalue weighted by Crippen LogP contribution is 2.28. The van der Waals surface area contributed by atoms with Crippen molar-refractivity contribution < 1.29 is 0 Å². The van der Waals surface area contributed by atoms with E-state index in [0.29, 0.717) is 0 Å². The van der Waals surface area contributed by atoms with Crippen molar-refractivity contribution >= 4 is 11.6 Å². The minimum absolute atomic E-state index is 0.829. The van der Waals surface area contributed by atoms with Gasteiger partial charge in [0.15, 0.2) is 0 Å². The molecule has 0 N–H and O–H groups in total. The minimum Gasteiger partial charge on any atom is -0.298 e. The smallest absolute Gasteiger partial charge is 0.0406 e. The first-order chi connectivity index (χ1) is 10.2. The monoisotopic (exact) mass is 306 g/mol. The summed E-state index contributed by atoms with van der Waals surface area (Å²) in [5.41, 5.74) is 1.37. The van der Waals surface area contributed by atoms with Crippen LogP contribution in [0, 0.1) is 5.92 Å². The molecule has 1 saturated heterocycles. The van der Waals surface area contributed by atoms with Crippen LogP contribution in [0.15, 0.2) is 24.3 Å². The molecule has 0 spiro atoms. The molecule has 1 aromatic carbocycles. The number of rotatable bonds is 3. The topological polar surface area (TPSA) is 6.48 Å². The van der Waals surface area contributed by atoms with E-state index in [2.05, 4.69) is 28.9 Å². The molecular weight excluding hydrogens is 280 g/mol. The number of hydrogen-bond acceptors (Lipinski definition) is 2. The van der Waals surface area contributed by atoms with Crippen LogP contribution in [-0.4, -0.2) is 42.0 Å². The van der Waals surface area contributed by atoms with Gasteiger partial charge in [0.1, 0.15) is 0 Å². The van der Waals surface area contributed by atoms with E-state index < -0.39 is 0 Å². The Morgan fingerprint density at radius 2 is 1.76 bits per heavy atom. The largest absolute Gasteiger partial charge is 0.298 e. The van der Waals surface area contributed by atoms with E-state index in [-0.39, 0.29) is 0 Å². The van der Waals surface area contributed by atoms with Gasteiger partial charge in [-0.05, 0) is 36.5 Å². The highest BCUT2D eigenvalue weighted by atomic mass is 35.5. The average molecular weight is 307 g/mol. The molecule has 1 saturated carbocycles. The summed E-state index contributed by atoms with van der Waals surface area (Å²) in [5, 5.41) is 0.829. The van der Waals surface area contributed by atoms with Crippen LogP contribution in [0.2, 0.25) is 5.02 Å². The van der Waals surface area contributed by atoms with Crippen LogP contribution in [0.5, 0.6) is 0 Å². The van der Waals surface area contributed by atoms with Crippen LogP contribution in [0.25, 0.3) is 0 Å². The number of benzene rings is 1. The molecule has 1 aliphatic carbocycles. The number of halogens is 1. The summed E-state index contributed by atoms with van der Waals surface area (Å²) in [6.45, 7) is 8.37. The SMILES string of the molecule is C[C@H]1CCC[C@H](N2CCN(Cc3ccc(Cl)cc3)CC2)C1. The summed E-state index contributed by atoms with van der Waals surface area (Å²) in [6, 6.07) is 9.15. The minimum atomic E-state index is 0.829. The van der Waals surface area contributed by atoms with Gasteiger partial charge in [-0.1, -0.05) is 43.5 Å². The van der Waals surface area contributed by atoms with Crippen LogP contribution in [0.4, 0.5) is 0 Å². The zero-order valence-electron chi connectivity index (χ0n) is 13.1. The van der Waals surface area contributed by atoms with E-state index in [9.17, 15) is 0 Å². The Balaban J connectivity index is 1.47. The third-order valence-electron chi connectivity index (χ3n) is 5.15. The Hall–Kier alpha value is -0.570. The second kappa shape index (κ2) is 7.13. The van der Waals surface area contributed by atoms with Crippen LogP contribution >= 0.6 is 11.6 Å². The molecule has 0 radical (unpaired) electrons. The molecule has 2 fully saturated rings. The fourth-order valence-electron chi connectivity index (χ4n) is 3.87. The molecule has 21 heavy (non-hydrogen) atoms. The number of nitrogens with zero attached hydrogens (tertiary/aromatic N) is 2. The second-order valence-corrected chi connectivity index (χ2v) is 7.30. The molecule has 2 atom stereocenters. The average Bonchev–Trinajstić information content (AvgIpc) is 2.50. The molecule has 2 nitrogen and oxygen atoms in total. The first kappa shape index (κ1) is 15.3. The maximum absolute atomic E-state index is 5.95. The molecule has 1 heterocycles. The Kier molecular flexibility index (Phi) is 5.20. The lowest BCUT2D eigenvalue weighted by Gasteiger charge is -2.42. The normalized spacial score (nSPS) is 28.7. The number of hydrogen-bond donors (Lipinski definition) is 0. The lowest BCUT2D eigenvalue weighted by Crippen LogP contribution is -2.50. The second-order valence-electron chi connectivity index (χ2n) is 6.86. The Morgan fingerprint density at radius 3 is 2.43 bits per heavy atom. The first-order valence-corrected chi connectivity index (χ1v) is 8.79.